The van der Waals surface area contributed by atoms with E-state index in [0.717, 1.165) is 25.0 Å². The van der Waals surface area contributed by atoms with E-state index in [2.05, 4.69) is 17.1 Å². The number of aliphatic hydroxyl groups is 1. The van der Waals surface area contributed by atoms with Gasteiger partial charge in [-0.3, -0.25) is 4.90 Å². The van der Waals surface area contributed by atoms with Gasteiger partial charge < -0.3 is 10.4 Å². The second kappa shape index (κ2) is 5.48. The van der Waals surface area contributed by atoms with Gasteiger partial charge in [0.1, 0.15) is 0 Å². The second-order valence-corrected chi connectivity index (χ2v) is 6.73. The first kappa shape index (κ1) is 12.9. The molecule has 3 nitrogen and oxygen atoms in total. The third-order valence-electron chi connectivity index (χ3n) is 5.18. The lowest BCUT2D eigenvalue weighted by atomic mass is 9.86. The van der Waals surface area contributed by atoms with Gasteiger partial charge in [-0.2, -0.15) is 0 Å². The molecule has 1 aliphatic heterocycles. The quantitative estimate of drug-likeness (QED) is 0.800. The number of rotatable bonds is 4. The van der Waals surface area contributed by atoms with Crippen molar-refractivity contribution in [2.75, 3.05) is 13.1 Å². The average molecular weight is 252 g/mol. The molecule has 0 aromatic carbocycles. The summed E-state index contributed by atoms with van der Waals surface area (Å²) in [4.78, 5) is 2.69. The zero-order valence-corrected chi connectivity index (χ0v) is 11.6. The SMILES string of the molecule is CC1CC(NCC2CCCCC2O)CN1C1CC1. The minimum atomic E-state index is -0.0513. The Labute approximate surface area is 111 Å². The fourth-order valence-electron chi connectivity index (χ4n) is 3.86. The molecular weight excluding hydrogens is 224 g/mol. The first-order valence-corrected chi connectivity index (χ1v) is 7.91. The summed E-state index contributed by atoms with van der Waals surface area (Å²) in [6.45, 7) is 4.63. The molecule has 3 heteroatoms. The van der Waals surface area contributed by atoms with Crippen molar-refractivity contribution in [1.82, 2.24) is 10.2 Å². The number of aliphatic hydroxyl groups excluding tert-OH is 1. The van der Waals surface area contributed by atoms with Crippen LogP contribution in [0.2, 0.25) is 0 Å². The molecule has 0 amide bonds. The van der Waals surface area contributed by atoms with Crippen molar-refractivity contribution in [3.05, 3.63) is 0 Å². The maximum Gasteiger partial charge on any atom is 0.0580 e. The Kier molecular flexibility index (Phi) is 3.92. The van der Waals surface area contributed by atoms with E-state index in [-0.39, 0.29) is 6.10 Å². The van der Waals surface area contributed by atoms with Crippen LogP contribution < -0.4 is 5.32 Å². The molecule has 4 atom stereocenters. The lowest BCUT2D eigenvalue weighted by Crippen LogP contribution is -2.40. The van der Waals surface area contributed by atoms with Gasteiger partial charge in [-0.05, 0) is 44.9 Å². The smallest absolute Gasteiger partial charge is 0.0580 e. The molecule has 3 rings (SSSR count). The summed E-state index contributed by atoms with van der Waals surface area (Å²) in [6, 6.07) is 2.31. The summed E-state index contributed by atoms with van der Waals surface area (Å²) >= 11 is 0. The molecule has 3 aliphatic rings. The highest BCUT2D eigenvalue weighted by Crippen LogP contribution is 2.33. The average Bonchev–Trinajstić information content (AvgIpc) is 3.13. The van der Waals surface area contributed by atoms with Crippen LogP contribution in [0.3, 0.4) is 0 Å². The summed E-state index contributed by atoms with van der Waals surface area (Å²) < 4.78 is 0. The molecule has 4 unspecified atom stereocenters. The van der Waals surface area contributed by atoms with Gasteiger partial charge in [-0.1, -0.05) is 12.8 Å². The largest absolute Gasteiger partial charge is 0.393 e. The van der Waals surface area contributed by atoms with Gasteiger partial charge in [-0.25, -0.2) is 0 Å². The van der Waals surface area contributed by atoms with Crippen LogP contribution in [-0.2, 0) is 0 Å². The zero-order chi connectivity index (χ0) is 12.5. The molecule has 0 bridgehead atoms. The molecule has 1 heterocycles. The fraction of sp³-hybridized carbons (Fsp3) is 1.00. The van der Waals surface area contributed by atoms with Gasteiger partial charge in [0.25, 0.3) is 0 Å². The predicted octanol–water partition coefficient (Wildman–Crippen LogP) is 1.75. The van der Waals surface area contributed by atoms with E-state index in [9.17, 15) is 5.11 Å². The van der Waals surface area contributed by atoms with Crippen molar-refractivity contribution in [3.63, 3.8) is 0 Å². The summed E-state index contributed by atoms with van der Waals surface area (Å²) in [7, 11) is 0. The van der Waals surface area contributed by atoms with Gasteiger partial charge in [0.05, 0.1) is 6.10 Å². The normalized spacial score (nSPS) is 42.3. The number of nitrogens with zero attached hydrogens (tertiary/aromatic N) is 1. The van der Waals surface area contributed by atoms with E-state index in [0.29, 0.717) is 12.0 Å². The minimum Gasteiger partial charge on any atom is -0.393 e. The molecular formula is C15H28N2O. The van der Waals surface area contributed by atoms with Crippen LogP contribution in [-0.4, -0.2) is 47.3 Å². The standard InChI is InChI=1S/C15H28N2O/c1-11-8-13(10-17(11)14-6-7-14)16-9-12-4-2-3-5-15(12)18/h11-16,18H,2-10H2,1H3. The molecule has 18 heavy (non-hydrogen) atoms. The molecule has 0 aromatic heterocycles. The van der Waals surface area contributed by atoms with Gasteiger partial charge in [0, 0.05) is 31.2 Å². The maximum absolute atomic E-state index is 9.99. The third-order valence-corrected chi connectivity index (χ3v) is 5.18. The highest BCUT2D eigenvalue weighted by Gasteiger charge is 2.38. The van der Waals surface area contributed by atoms with Crippen LogP contribution in [0, 0.1) is 5.92 Å². The van der Waals surface area contributed by atoms with Crippen molar-refractivity contribution < 1.29 is 5.11 Å². The van der Waals surface area contributed by atoms with Crippen LogP contribution in [0.1, 0.15) is 51.9 Å². The van der Waals surface area contributed by atoms with Gasteiger partial charge in [0.15, 0.2) is 0 Å². The first-order chi connectivity index (χ1) is 8.74. The zero-order valence-electron chi connectivity index (χ0n) is 11.6. The Balaban J connectivity index is 1.43. The first-order valence-electron chi connectivity index (χ1n) is 7.91. The summed E-state index contributed by atoms with van der Waals surface area (Å²) in [5.74, 6) is 0.504. The monoisotopic (exact) mass is 252 g/mol. The van der Waals surface area contributed by atoms with Gasteiger partial charge in [-0.15, -0.1) is 0 Å². The van der Waals surface area contributed by atoms with Crippen LogP contribution in [0.4, 0.5) is 0 Å². The topological polar surface area (TPSA) is 35.5 Å². The Morgan fingerprint density at radius 1 is 1.17 bits per heavy atom. The molecule has 0 spiro atoms. The number of likely N-dealkylation sites (tertiary alicyclic amines) is 1. The molecule has 1 saturated heterocycles. The van der Waals surface area contributed by atoms with E-state index < -0.39 is 0 Å². The maximum atomic E-state index is 9.99. The Hall–Kier alpha value is -0.120. The van der Waals surface area contributed by atoms with E-state index in [1.54, 1.807) is 0 Å². The Morgan fingerprint density at radius 3 is 2.67 bits per heavy atom. The molecule has 2 N–H and O–H groups in total. The summed E-state index contributed by atoms with van der Waals surface area (Å²) in [5.41, 5.74) is 0. The van der Waals surface area contributed by atoms with Crippen molar-refractivity contribution in [2.24, 2.45) is 5.92 Å². The van der Waals surface area contributed by atoms with Crippen LogP contribution >= 0.6 is 0 Å². The lowest BCUT2D eigenvalue weighted by Gasteiger charge is -2.29. The van der Waals surface area contributed by atoms with Crippen LogP contribution in [0.5, 0.6) is 0 Å². The van der Waals surface area contributed by atoms with Crippen molar-refractivity contribution >= 4 is 0 Å². The Bertz CT molecular complexity index is 280. The van der Waals surface area contributed by atoms with Crippen molar-refractivity contribution in [3.8, 4) is 0 Å². The molecule has 104 valence electrons. The van der Waals surface area contributed by atoms with Crippen LogP contribution in [0.15, 0.2) is 0 Å². The second-order valence-electron chi connectivity index (χ2n) is 6.73. The van der Waals surface area contributed by atoms with Gasteiger partial charge >= 0.3 is 0 Å². The molecule has 0 radical (unpaired) electrons. The fourth-order valence-corrected chi connectivity index (χ4v) is 3.86. The molecule has 2 aliphatic carbocycles. The number of hydrogen-bond acceptors (Lipinski definition) is 3. The minimum absolute atomic E-state index is 0.0513. The highest BCUT2D eigenvalue weighted by molar-refractivity contribution is 4.96. The van der Waals surface area contributed by atoms with E-state index >= 15 is 0 Å². The summed E-state index contributed by atoms with van der Waals surface area (Å²) in [5, 5.41) is 13.7. The lowest BCUT2D eigenvalue weighted by molar-refractivity contribution is 0.0682. The predicted molar refractivity (Wildman–Crippen MR) is 73.6 cm³/mol. The Morgan fingerprint density at radius 2 is 1.94 bits per heavy atom. The van der Waals surface area contributed by atoms with E-state index in [1.165, 1.54) is 45.1 Å². The number of hydrogen-bond donors (Lipinski definition) is 2. The van der Waals surface area contributed by atoms with E-state index in [1.807, 2.05) is 0 Å². The molecule has 0 aromatic rings. The third kappa shape index (κ3) is 2.89. The number of nitrogens with one attached hydrogen (secondary N) is 1. The summed E-state index contributed by atoms with van der Waals surface area (Å²) in [6.07, 6.45) is 8.82. The van der Waals surface area contributed by atoms with Crippen molar-refractivity contribution in [1.29, 1.82) is 0 Å². The molecule has 2 saturated carbocycles. The van der Waals surface area contributed by atoms with Gasteiger partial charge in [0.2, 0.25) is 0 Å². The van der Waals surface area contributed by atoms with Crippen molar-refractivity contribution in [2.45, 2.75) is 76.1 Å². The van der Waals surface area contributed by atoms with Crippen LogP contribution in [0.25, 0.3) is 0 Å². The highest BCUT2D eigenvalue weighted by atomic mass is 16.3. The van der Waals surface area contributed by atoms with E-state index in [4.69, 9.17) is 0 Å². The molecule has 3 fully saturated rings.